The number of rotatable bonds is 7. The molecule has 0 saturated carbocycles. The third kappa shape index (κ3) is 5.61. The number of amides is 1. The van der Waals surface area contributed by atoms with Gasteiger partial charge in [-0.2, -0.15) is 0 Å². The number of nitrogens with two attached hydrogens (primary N) is 1. The molecule has 4 nitrogen and oxygen atoms in total. The Balaban J connectivity index is 2.26. The summed E-state index contributed by atoms with van der Waals surface area (Å²) < 4.78 is 6.56. The molecule has 0 fully saturated rings. The van der Waals surface area contributed by atoms with Crippen molar-refractivity contribution in [3.05, 3.63) is 28.7 Å². The van der Waals surface area contributed by atoms with Crippen molar-refractivity contribution in [3.8, 4) is 5.75 Å². The van der Waals surface area contributed by atoms with Gasteiger partial charge in [0.1, 0.15) is 5.75 Å². The van der Waals surface area contributed by atoms with E-state index >= 15 is 0 Å². The predicted octanol–water partition coefficient (Wildman–Crippen LogP) is 2.41. The quantitative estimate of drug-likeness (QED) is 0.782. The van der Waals surface area contributed by atoms with Crippen molar-refractivity contribution in [1.82, 2.24) is 4.90 Å². The molecular formula is C14H21BrN2O2. The predicted molar refractivity (Wildman–Crippen MR) is 80.2 cm³/mol. The number of ether oxygens (including phenoxy) is 1. The molecule has 106 valence electrons. The molecule has 0 saturated heterocycles. The molecule has 0 aliphatic carbocycles. The second-order valence-corrected chi connectivity index (χ2v) is 5.41. The van der Waals surface area contributed by atoms with E-state index in [0.717, 1.165) is 10.2 Å². The average Bonchev–Trinajstić information content (AvgIpc) is 2.41. The zero-order valence-electron chi connectivity index (χ0n) is 11.4. The number of carbonyl (C=O) groups excluding carboxylic acids is 1. The Labute approximate surface area is 123 Å². The van der Waals surface area contributed by atoms with E-state index < -0.39 is 0 Å². The maximum absolute atomic E-state index is 11.8. The number of carbonyl (C=O) groups is 1. The first-order valence-corrected chi connectivity index (χ1v) is 7.18. The first-order valence-electron chi connectivity index (χ1n) is 6.38. The maximum Gasteiger partial charge on any atom is 0.222 e. The zero-order valence-corrected chi connectivity index (χ0v) is 13.0. The van der Waals surface area contributed by atoms with Crippen LogP contribution in [0, 0.1) is 0 Å². The molecule has 0 spiro atoms. The van der Waals surface area contributed by atoms with Crippen LogP contribution in [0.2, 0.25) is 0 Å². The van der Waals surface area contributed by atoms with E-state index in [1.807, 2.05) is 31.2 Å². The van der Waals surface area contributed by atoms with Crippen molar-refractivity contribution in [3.63, 3.8) is 0 Å². The molecule has 0 aromatic heterocycles. The number of nitrogens with zero attached hydrogens (tertiary/aromatic N) is 1. The normalized spacial score (nSPS) is 12.0. The van der Waals surface area contributed by atoms with Crippen LogP contribution < -0.4 is 10.5 Å². The van der Waals surface area contributed by atoms with Crippen molar-refractivity contribution in [2.45, 2.75) is 25.8 Å². The summed E-state index contributed by atoms with van der Waals surface area (Å²) in [6.45, 7) is 2.96. The minimum atomic E-state index is 0.0819. The molecule has 0 aliphatic rings. The highest BCUT2D eigenvalue weighted by molar-refractivity contribution is 9.10. The first kappa shape index (κ1) is 16.0. The van der Waals surface area contributed by atoms with Crippen molar-refractivity contribution < 1.29 is 9.53 Å². The fraction of sp³-hybridized carbons (Fsp3) is 0.500. The molecule has 1 aromatic rings. The second kappa shape index (κ2) is 8.17. The van der Waals surface area contributed by atoms with Gasteiger partial charge in [-0.3, -0.25) is 4.79 Å². The third-order valence-corrected chi connectivity index (χ3v) is 3.49. The van der Waals surface area contributed by atoms with E-state index in [4.69, 9.17) is 10.5 Å². The Morgan fingerprint density at radius 2 is 2.26 bits per heavy atom. The van der Waals surface area contributed by atoms with Crippen molar-refractivity contribution in [1.29, 1.82) is 0 Å². The third-order valence-electron chi connectivity index (χ3n) is 3.00. The van der Waals surface area contributed by atoms with Crippen LogP contribution in [0.4, 0.5) is 0 Å². The number of benzene rings is 1. The molecule has 0 heterocycles. The number of hydrogen-bond acceptors (Lipinski definition) is 3. The van der Waals surface area contributed by atoms with Crippen LogP contribution in [0.1, 0.15) is 19.8 Å². The SMILES string of the molecule is CC(CN)N(C)C(=O)CCCOc1cccc(Br)c1. The summed E-state index contributed by atoms with van der Waals surface area (Å²) in [4.78, 5) is 13.5. The van der Waals surface area contributed by atoms with Gasteiger partial charge in [0.05, 0.1) is 6.61 Å². The van der Waals surface area contributed by atoms with Gasteiger partial charge in [0.15, 0.2) is 0 Å². The lowest BCUT2D eigenvalue weighted by Crippen LogP contribution is -2.39. The summed E-state index contributed by atoms with van der Waals surface area (Å²) >= 11 is 3.38. The number of halogens is 1. The highest BCUT2D eigenvalue weighted by atomic mass is 79.9. The lowest BCUT2D eigenvalue weighted by Gasteiger charge is -2.23. The number of hydrogen-bond donors (Lipinski definition) is 1. The minimum Gasteiger partial charge on any atom is -0.494 e. The van der Waals surface area contributed by atoms with E-state index in [0.29, 0.717) is 26.0 Å². The molecule has 0 radical (unpaired) electrons. The fourth-order valence-corrected chi connectivity index (χ4v) is 1.93. The number of likely N-dealkylation sites (N-methyl/N-ethyl adjacent to an activating group) is 1. The maximum atomic E-state index is 11.8. The molecule has 2 N–H and O–H groups in total. The standard InChI is InChI=1S/C14H21BrN2O2/c1-11(10-16)17(2)14(18)7-4-8-19-13-6-3-5-12(15)9-13/h3,5-6,9,11H,4,7-8,10,16H2,1-2H3. The second-order valence-electron chi connectivity index (χ2n) is 4.50. The van der Waals surface area contributed by atoms with Gasteiger partial charge in [-0.15, -0.1) is 0 Å². The van der Waals surface area contributed by atoms with Gasteiger partial charge in [0.2, 0.25) is 5.91 Å². The van der Waals surface area contributed by atoms with Crippen molar-refractivity contribution in [2.24, 2.45) is 5.73 Å². The highest BCUT2D eigenvalue weighted by Gasteiger charge is 2.13. The molecule has 1 amide bonds. The monoisotopic (exact) mass is 328 g/mol. The average molecular weight is 329 g/mol. The summed E-state index contributed by atoms with van der Waals surface area (Å²) in [5, 5.41) is 0. The van der Waals surface area contributed by atoms with Crippen LogP contribution >= 0.6 is 15.9 Å². The lowest BCUT2D eigenvalue weighted by atomic mass is 10.2. The van der Waals surface area contributed by atoms with Crippen molar-refractivity contribution in [2.75, 3.05) is 20.2 Å². The molecule has 0 bridgehead atoms. The molecule has 1 atom stereocenters. The minimum absolute atomic E-state index is 0.0819. The fourth-order valence-electron chi connectivity index (χ4n) is 1.55. The topological polar surface area (TPSA) is 55.6 Å². The van der Waals surface area contributed by atoms with Crippen LogP contribution in [0.25, 0.3) is 0 Å². The Morgan fingerprint density at radius 1 is 1.53 bits per heavy atom. The van der Waals surface area contributed by atoms with Gasteiger partial charge < -0.3 is 15.4 Å². The van der Waals surface area contributed by atoms with Gasteiger partial charge in [-0.05, 0) is 31.5 Å². The smallest absolute Gasteiger partial charge is 0.222 e. The molecule has 1 unspecified atom stereocenters. The Kier molecular flexibility index (Phi) is 6.87. The molecule has 1 aromatic carbocycles. The van der Waals surface area contributed by atoms with Gasteiger partial charge in [-0.25, -0.2) is 0 Å². The van der Waals surface area contributed by atoms with Gasteiger partial charge in [0, 0.05) is 30.5 Å². The summed E-state index contributed by atoms with van der Waals surface area (Å²) in [5.74, 6) is 0.918. The summed E-state index contributed by atoms with van der Waals surface area (Å²) in [7, 11) is 1.79. The van der Waals surface area contributed by atoms with E-state index in [1.165, 1.54) is 0 Å². The molecular weight excluding hydrogens is 308 g/mol. The lowest BCUT2D eigenvalue weighted by molar-refractivity contribution is -0.131. The molecule has 5 heteroatoms. The Hall–Kier alpha value is -1.07. The largest absolute Gasteiger partial charge is 0.494 e. The first-order chi connectivity index (χ1) is 9.04. The zero-order chi connectivity index (χ0) is 14.3. The van der Waals surface area contributed by atoms with Crippen LogP contribution in [0.3, 0.4) is 0 Å². The summed E-state index contributed by atoms with van der Waals surface area (Å²) in [5.41, 5.74) is 5.53. The Morgan fingerprint density at radius 3 is 2.89 bits per heavy atom. The van der Waals surface area contributed by atoms with Gasteiger partial charge >= 0.3 is 0 Å². The van der Waals surface area contributed by atoms with Crippen LogP contribution in [0.5, 0.6) is 5.75 Å². The van der Waals surface area contributed by atoms with E-state index in [-0.39, 0.29) is 11.9 Å². The van der Waals surface area contributed by atoms with Gasteiger partial charge in [-0.1, -0.05) is 22.0 Å². The molecule has 19 heavy (non-hydrogen) atoms. The van der Waals surface area contributed by atoms with Crippen molar-refractivity contribution >= 4 is 21.8 Å². The van der Waals surface area contributed by atoms with Gasteiger partial charge in [0.25, 0.3) is 0 Å². The summed E-state index contributed by atoms with van der Waals surface area (Å²) in [6.07, 6.45) is 1.18. The van der Waals surface area contributed by atoms with E-state index in [9.17, 15) is 4.79 Å². The van der Waals surface area contributed by atoms with Crippen LogP contribution in [-0.2, 0) is 4.79 Å². The highest BCUT2D eigenvalue weighted by Crippen LogP contribution is 2.17. The van der Waals surface area contributed by atoms with E-state index in [1.54, 1.807) is 11.9 Å². The molecule has 0 aliphatic heterocycles. The summed E-state index contributed by atoms with van der Waals surface area (Å²) in [6, 6.07) is 7.75. The van der Waals surface area contributed by atoms with Crippen LogP contribution in [0.15, 0.2) is 28.7 Å². The van der Waals surface area contributed by atoms with Crippen LogP contribution in [-0.4, -0.2) is 37.0 Å². The van der Waals surface area contributed by atoms with E-state index in [2.05, 4.69) is 15.9 Å². The molecule has 1 rings (SSSR count). The Bertz CT molecular complexity index is 412.